The van der Waals surface area contributed by atoms with Crippen LogP contribution in [0.2, 0.25) is 0 Å². The van der Waals surface area contributed by atoms with Gasteiger partial charge in [-0.2, -0.15) is 0 Å². The van der Waals surface area contributed by atoms with Gasteiger partial charge in [0.05, 0.1) is 13.2 Å². The van der Waals surface area contributed by atoms with Crippen molar-refractivity contribution in [3.63, 3.8) is 0 Å². The molecular weight excluding hydrogens is 206 g/mol. The second kappa shape index (κ2) is 5.46. The van der Waals surface area contributed by atoms with Crippen molar-refractivity contribution in [1.82, 2.24) is 5.32 Å². The van der Waals surface area contributed by atoms with Gasteiger partial charge in [-0.15, -0.1) is 0 Å². The summed E-state index contributed by atoms with van der Waals surface area (Å²) in [6.07, 6.45) is 0.670. The van der Waals surface area contributed by atoms with Crippen LogP contribution in [-0.2, 0) is 14.3 Å². The Morgan fingerprint density at radius 1 is 1.62 bits per heavy atom. The fourth-order valence-electron chi connectivity index (χ4n) is 1.79. The lowest BCUT2D eigenvalue weighted by Crippen LogP contribution is -2.47. The van der Waals surface area contributed by atoms with E-state index in [2.05, 4.69) is 25.7 Å². The smallest absolute Gasteiger partial charge is 0.333 e. The predicted octanol–water partition coefficient (Wildman–Crippen LogP) is 1.47. The van der Waals surface area contributed by atoms with Gasteiger partial charge in [0.25, 0.3) is 0 Å². The van der Waals surface area contributed by atoms with Crippen LogP contribution in [0.3, 0.4) is 0 Å². The third-order valence-electron chi connectivity index (χ3n) is 2.87. The SMILES string of the molecule is C=C(C)C(=O)OCCC1(C(C)C)NCCO1. The van der Waals surface area contributed by atoms with Crippen LogP contribution in [0.4, 0.5) is 0 Å². The van der Waals surface area contributed by atoms with Crippen LogP contribution in [0, 0.1) is 5.92 Å². The van der Waals surface area contributed by atoms with E-state index in [9.17, 15) is 4.79 Å². The van der Waals surface area contributed by atoms with Crippen LogP contribution < -0.4 is 5.32 Å². The lowest BCUT2D eigenvalue weighted by atomic mass is 9.97. The third kappa shape index (κ3) is 3.06. The lowest BCUT2D eigenvalue weighted by molar-refractivity contribution is -0.142. The van der Waals surface area contributed by atoms with Gasteiger partial charge in [0.1, 0.15) is 5.72 Å². The molecule has 4 heteroatoms. The number of ether oxygens (including phenoxy) is 2. The molecule has 1 aliphatic rings. The van der Waals surface area contributed by atoms with Gasteiger partial charge in [-0.3, -0.25) is 5.32 Å². The van der Waals surface area contributed by atoms with E-state index in [-0.39, 0.29) is 11.7 Å². The van der Waals surface area contributed by atoms with Crippen LogP contribution in [-0.4, -0.2) is 31.5 Å². The highest BCUT2D eigenvalue weighted by Gasteiger charge is 2.37. The molecule has 0 radical (unpaired) electrons. The zero-order valence-corrected chi connectivity index (χ0v) is 10.3. The molecule has 92 valence electrons. The van der Waals surface area contributed by atoms with Gasteiger partial charge >= 0.3 is 5.97 Å². The Hall–Kier alpha value is -0.870. The molecule has 16 heavy (non-hydrogen) atoms. The van der Waals surface area contributed by atoms with E-state index in [1.807, 2.05) is 0 Å². The average Bonchev–Trinajstić information content (AvgIpc) is 2.67. The fourth-order valence-corrected chi connectivity index (χ4v) is 1.79. The molecule has 0 bridgehead atoms. The Balaban J connectivity index is 2.40. The van der Waals surface area contributed by atoms with E-state index in [4.69, 9.17) is 9.47 Å². The van der Waals surface area contributed by atoms with Gasteiger partial charge in [0.2, 0.25) is 0 Å². The first kappa shape index (κ1) is 13.2. The van der Waals surface area contributed by atoms with Crippen molar-refractivity contribution in [2.45, 2.75) is 32.9 Å². The van der Waals surface area contributed by atoms with Crippen molar-refractivity contribution in [3.8, 4) is 0 Å². The number of hydrogen-bond donors (Lipinski definition) is 1. The molecule has 0 aromatic carbocycles. The van der Waals surface area contributed by atoms with E-state index >= 15 is 0 Å². The Labute approximate surface area is 97.0 Å². The van der Waals surface area contributed by atoms with Crippen LogP contribution in [0.5, 0.6) is 0 Å². The zero-order valence-electron chi connectivity index (χ0n) is 10.3. The maximum absolute atomic E-state index is 11.2. The minimum absolute atomic E-state index is 0.336. The summed E-state index contributed by atoms with van der Waals surface area (Å²) < 4.78 is 10.8. The molecule has 1 unspecified atom stereocenters. The van der Waals surface area contributed by atoms with Crippen LogP contribution >= 0.6 is 0 Å². The van der Waals surface area contributed by atoms with Gasteiger partial charge in [-0.1, -0.05) is 20.4 Å². The summed E-state index contributed by atoms with van der Waals surface area (Å²) in [5, 5.41) is 3.34. The highest BCUT2D eigenvalue weighted by molar-refractivity contribution is 5.86. The Bertz CT molecular complexity index is 267. The van der Waals surface area contributed by atoms with Crippen molar-refractivity contribution < 1.29 is 14.3 Å². The molecule has 1 atom stereocenters. The van der Waals surface area contributed by atoms with Crippen molar-refractivity contribution in [1.29, 1.82) is 0 Å². The van der Waals surface area contributed by atoms with Gasteiger partial charge < -0.3 is 9.47 Å². The molecule has 1 aliphatic heterocycles. The molecular formula is C12H21NO3. The molecule has 0 aliphatic carbocycles. The van der Waals surface area contributed by atoms with E-state index in [1.165, 1.54) is 0 Å². The first-order valence-electron chi connectivity index (χ1n) is 5.69. The Morgan fingerprint density at radius 3 is 2.75 bits per heavy atom. The van der Waals surface area contributed by atoms with E-state index < -0.39 is 0 Å². The molecule has 1 heterocycles. The quantitative estimate of drug-likeness (QED) is 0.570. The predicted molar refractivity (Wildman–Crippen MR) is 61.9 cm³/mol. The summed E-state index contributed by atoms with van der Waals surface area (Å²) in [6.45, 7) is 11.3. The molecule has 0 aromatic rings. The first-order valence-corrected chi connectivity index (χ1v) is 5.69. The molecule has 0 saturated carbocycles. The molecule has 4 nitrogen and oxygen atoms in total. The average molecular weight is 227 g/mol. The summed E-state index contributed by atoms with van der Waals surface area (Å²) >= 11 is 0. The number of carbonyl (C=O) groups is 1. The fraction of sp³-hybridized carbons (Fsp3) is 0.750. The second-order valence-corrected chi connectivity index (χ2v) is 4.49. The second-order valence-electron chi connectivity index (χ2n) is 4.49. The maximum atomic E-state index is 11.2. The van der Waals surface area contributed by atoms with Crippen molar-refractivity contribution in [3.05, 3.63) is 12.2 Å². The molecule has 1 saturated heterocycles. The van der Waals surface area contributed by atoms with E-state index in [0.29, 0.717) is 31.1 Å². The molecule has 1 N–H and O–H groups in total. The third-order valence-corrected chi connectivity index (χ3v) is 2.87. The summed E-state index contributed by atoms with van der Waals surface area (Å²) in [4.78, 5) is 11.2. The lowest BCUT2D eigenvalue weighted by Gasteiger charge is -2.32. The molecule has 0 aromatic heterocycles. The first-order chi connectivity index (χ1) is 7.48. The number of carbonyl (C=O) groups excluding carboxylic acids is 1. The summed E-state index contributed by atoms with van der Waals surface area (Å²) in [7, 11) is 0. The number of rotatable bonds is 5. The van der Waals surface area contributed by atoms with Crippen LogP contribution in [0.15, 0.2) is 12.2 Å². The highest BCUT2D eigenvalue weighted by atomic mass is 16.5. The van der Waals surface area contributed by atoms with Crippen molar-refractivity contribution in [2.75, 3.05) is 19.8 Å². The summed E-state index contributed by atoms with van der Waals surface area (Å²) in [5.74, 6) is 0.00966. The summed E-state index contributed by atoms with van der Waals surface area (Å²) in [6, 6.07) is 0. The minimum Gasteiger partial charge on any atom is -0.462 e. The van der Waals surface area contributed by atoms with Gasteiger partial charge in [-0.25, -0.2) is 4.79 Å². The normalized spacial score (nSPS) is 24.8. The zero-order chi connectivity index (χ0) is 12.2. The van der Waals surface area contributed by atoms with Crippen LogP contribution in [0.1, 0.15) is 27.2 Å². The molecule has 1 rings (SSSR count). The van der Waals surface area contributed by atoms with Crippen molar-refractivity contribution in [2.24, 2.45) is 5.92 Å². The van der Waals surface area contributed by atoms with Crippen molar-refractivity contribution >= 4 is 5.97 Å². The topological polar surface area (TPSA) is 47.6 Å². The number of hydrogen-bond acceptors (Lipinski definition) is 4. The minimum atomic E-state index is -0.338. The summed E-state index contributed by atoms with van der Waals surface area (Å²) in [5.41, 5.74) is 0.0916. The Morgan fingerprint density at radius 2 is 2.31 bits per heavy atom. The molecule has 0 amide bonds. The van der Waals surface area contributed by atoms with Gasteiger partial charge in [-0.05, 0) is 12.8 Å². The molecule has 1 fully saturated rings. The molecule has 0 spiro atoms. The highest BCUT2D eigenvalue weighted by Crippen LogP contribution is 2.26. The monoisotopic (exact) mass is 227 g/mol. The standard InChI is InChI=1S/C12H21NO3/c1-9(2)11(14)15-7-5-12(10(3)4)13-6-8-16-12/h10,13H,1,5-8H2,2-4H3. The van der Waals surface area contributed by atoms with Gasteiger partial charge in [0.15, 0.2) is 0 Å². The maximum Gasteiger partial charge on any atom is 0.333 e. The van der Waals surface area contributed by atoms with Gasteiger partial charge in [0, 0.05) is 18.5 Å². The van der Waals surface area contributed by atoms with E-state index in [0.717, 1.165) is 6.54 Å². The van der Waals surface area contributed by atoms with Crippen LogP contribution in [0.25, 0.3) is 0 Å². The number of nitrogens with one attached hydrogen (secondary N) is 1. The Kier molecular flexibility index (Phi) is 4.50. The van der Waals surface area contributed by atoms with E-state index in [1.54, 1.807) is 6.92 Å². The number of esters is 1. The largest absolute Gasteiger partial charge is 0.462 e.